The van der Waals surface area contributed by atoms with E-state index in [1.54, 1.807) is 0 Å². The van der Waals surface area contributed by atoms with Crippen molar-refractivity contribution in [3.05, 3.63) is 52.6 Å². The zero-order valence-corrected chi connectivity index (χ0v) is 13.1. The highest BCUT2D eigenvalue weighted by Gasteiger charge is 2.15. The van der Waals surface area contributed by atoms with Gasteiger partial charge < -0.3 is 5.32 Å². The van der Waals surface area contributed by atoms with E-state index in [9.17, 15) is 4.79 Å². The molecule has 0 spiro atoms. The summed E-state index contributed by atoms with van der Waals surface area (Å²) in [7, 11) is 0. The first-order valence-electron chi connectivity index (χ1n) is 6.94. The van der Waals surface area contributed by atoms with Gasteiger partial charge in [-0.15, -0.1) is 0 Å². The number of carbonyl (C=O) groups excluding carboxylic acids is 1. The molecule has 1 aromatic heterocycles. The Hall–Kier alpha value is -1.94. The predicted octanol–water partition coefficient (Wildman–Crippen LogP) is 4.07. The van der Waals surface area contributed by atoms with Gasteiger partial charge in [-0.2, -0.15) is 0 Å². The summed E-state index contributed by atoms with van der Waals surface area (Å²) in [5, 5.41) is 3.08. The fourth-order valence-corrected chi connectivity index (χ4v) is 2.05. The maximum Gasteiger partial charge on any atom is 0.275 e. The Kier molecular flexibility index (Phi) is 4.91. The monoisotopic (exact) mass is 303 g/mol. The molecule has 0 bridgehead atoms. The van der Waals surface area contributed by atoms with E-state index >= 15 is 0 Å². The first kappa shape index (κ1) is 15.4. The van der Waals surface area contributed by atoms with Crippen LogP contribution in [-0.4, -0.2) is 15.9 Å². The number of halogens is 1. The van der Waals surface area contributed by atoms with Crippen molar-refractivity contribution < 1.29 is 4.79 Å². The maximum absolute atomic E-state index is 12.3. The van der Waals surface area contributed by atoms with Gasteiger partial charge in [0.15, 0.2) is 5.69 Å². The van der Waals surface area contributed by atoms with Gasteiger partial charge in [0.2, 0.25) is 0 Å². The smallest absolute Gasteiger partial charge is 0.275 e. The highest BCUT2D eigenvalue weighted by Crippen LogP contribution is 2.18. The summed E-state index contributed by atoms with van der Waals surface area (Å²) in [6.45, 7) is 6.00. The van der Waals surface area contributed by atoms with Gasteiger partial charge in [0.25, 0.3) is 5.91 Å². The van der Waals surface area contributed by atoms with Crippen LogP contribution in [-0.2, 0) is 6.42 Å². The number of benzene rings is 1. The third-order valence-corrected chi connectivity index (χ3v) is 3.36. The number of hydrogen-bond acceptors (Lipinski definition) is 3. The van der Waals surface area contributed by atoms with Gasteiger partial charge in [-0.3, -0.25) is 4.79 Å². The minimum absolute atomic E-state index is 0.136. The Labute approximate surface area is 129 Å². The minimum atomic E-state index is -0.322. The van der Waals surface area contributed by atoms with Crippen molar-refractivity contribution in [2.24, 2.45) is 0 Å². The summed E-state index contributed by atoms with van der Waals surface area (Å²) in [6, 6.07) is 7.71. The highest BCUT2D eigenvalue weighted by atomic mass is 35.5. The van der Waals surface area contributed by atoms with Gasteiger partial charge in [0.1, 0.15) is 5.82 Å². The quantitative estimate of drug-likeness (QED) is 0.926. The molecule has 0 saturated heterocycles. The molecule has 0 saturated carbocycles. The van der Waals surface area contributed by atoms with E-state index in [1.165, 1.54) is 6.20 Å². The van der Waals surface area contributed by atoms with E-state index in [1.807, 2.05) is 38.1 Å². The standard InChI is InChI=1S/C16H18ClN3O/c1-4-11-6-5-7-12(8-11)19-16(21)14-13(17)9-18-15(20-14)10(2)3/h5-10H,4H2,1-3H3,(H,19,21). The molecule has 0 atom stereocenters. The summed E-state index contributed by atoms with van der Waals surface area (Å²) >= 11 is 6.03. The lowest BCUT2D eigenvalue weighted by Crippen LogP contribution is -2.16. The Bertz CT molecular complexity index is 656. The van der Waals surface area contributed by atoms with Crippen molar-refractivity contribution in [1.29, 1.82) is 0 Å². The zero-order chi connectivity index (χ0) is 15.4. The fraction of sp³-hybridized carbons (Fsp3) is 0.312. The van der Waals surface area contributed by atoms with Crippen molar-refractivity contribution in [3.8, 4) is 0 Å². The van der Waals surface area contributed by atoms with E-state index in [4.69, 9.17) is 11.6 Å². The summed E-state index contributed by atoms with van der Waals surface area (Å²) in [4.78, 5) is 20.7. The molecule has 1 amide bonds. The Morgan fingerprint density at radius 3 is 2.81 bits per heavy atom. The van der Waals surface area contributed by atoms with Crippen LogP contribution in [0.2, 0.25) is 5.02 Å². The molecule has 2 rings (SSSR count). The SMILES string of the molecule is CCc1cccc(NC(=O)c2nc(C(C)C)ncc2Cl)c1. The number of anilines is 1. The van der Waals surface area contributed by atoms with Crippen molar-refractivity contribution >= 4 is 23.2 Å². The summed E-state index contributed by atoms with van der Waals surface area (Å²) in [5.41, 5.74) is 2.10. The summed E-state index contributed by atoms with van der Waals surface area (Å²) in [6.07, 6.45) is 2.39. The van der Waals surface area contributed by atoms with E-state index in [0.717, 1.165) is 17.7 Å². The van der Waals surface area contributed by atoms with E-state index < -0.39 is 0 Å². The minimum Gasteiger partial charge on any atom is -0.321 e. The van der Waals surface area contributed by atoms with Crippen LogP contribution in [0.1, 0.15) is 48.6 Å². The van der Waals surface area contributed by atoms with E-state index in [2.05, 4.69) is 22.2 Å². The summed E-state index contributed by atoms with van der Waals surface area (Å²) < 4.78 is 0. The third kappa shape index (κ3) is 3.79. The molecule has 0 unspecified atom stereocenters. The van der Waals surface area contributed by atoms with Gasteiger partial charge in [-0.05, 0) is 24.1 Å². The molecule has 0 fully saturated rings. The van der Waals surface area contributed by atoms with Crippen LogP contribution in [0.25, 0.3) is 0 Å². The predicted molar refractivity (Wildman–Crippen MR) is 84.9 cm³/mol. The van der Waals surface area contributed by atoms with Crippen LogP contribution in [0.4, 0.5) is 5.69 Å². The van der Waals surface area contributed by atoms with Gasteiger partial charge in [-0.25, -0.2) is 9.97 Å². The van der Waals surface area contributed by atoms with Crippen LogP contribution in [0, 0.1) is 0 Å². The number of nitrogens with zero attached hydrogens (tertiary/aromatic N) is 2. The molecule has 21 heavy (non-hydrogen) atoms. The second kappa shape index (κ2) is 6.68. The van der Waals surface area contributed by atoms with Crippen molar-refractivity contribution in [2.45, 2.75) is 33.1 Å². The molecule has 1 N–H and O–H groups in total. The van der Waals surface area contributed by atoms with Crippen LogP contribution >= 0.6 is 11.6 Å². The molecule has 2 aromatic rings. The maximum atomic E-state index is 12.3. The average molecular weight is 304 g/mol. The largest absolute Gasteiger partial charge is 0.321 e. The Morgan fingerprint density at radius 2 is 2.14 bits per heavy atom. The van der Waals surface area contributed by atoms with Crippen LogP contribution in [0.15, 0.2) is 30.5 Å². The van der Waals surface area contributed by atoms with Crippen LogP contribution in [0.3, 0.4) is 0 Å². The second-order valence-corrected chi connectivity index (χ2v) is 5.49. The molecule has 110 valence electrons. The first-order chi connectivity index (χ1) is 10.0. The van der Waals surface area contributed by atoms with Gasteiger partial charge in [0, 0.05) is 11.6 Å². The van der Waals surface area contributed by atoms with Crippen molar-refractivity contribution in [1.82, 2.24) is 9.97 Å². The van der Waals surface area contributed by atoms with Gasteiger partial charge in [-0.1, -0.05) is 44.5 Å². The lowest BCUT2D eigenvalue weighted by Gasteiger charge is -2.09. The molecule has 4 nitrogen and oxygen atoms in total. The average Bonchev–Trinajstić information content (AvgIpc) is 2.47. The molecule has 0 aliphatic rings. The fourth-order valence-electron chi connectivity index (χ4n) is 1.88. The number of aromatic nitrogens is 2. The summed E-state index contributed by atoms with van der Waals surface area (Å²) in [5.74, 6) is 0.418. The van der Waals surface area contributed by atoms with E-state index in [0.29, 0.717) is 5.82 Å². The van der Waals surface area contributed by atoms with Crippen molar-refractivity contribution in [2.75, 3.05) is 5.32 Å². The van der Waals surface area contributed by atoms with Crippen LogP contribution in [0.5, 0.6) is 0 Å². The number of hydrogen-bond donors (Lipinski definition) is 1. The third-order valence-electron chi connectivity index (χ3n) is 3.09. The number of amides is 1. The number of aryl methyl sites for hydroxylation is 1. The molecule has 0 aliphatic heterocycles. The Balaban J connectivity index is 2.25. The number of rotatable bonds is 4. The molecule has 0 radical (unpaired) electrons. The zero-order valence-electron chi connectivity index (χ0n) is 12.4. The normalized spacial score (nSPS) is 10.7. The Morgan fingerprint density at radius 1 is 1.38 bits per heavy atom. The molecular weight excluding hydrogens is 286 g/mol. The van der Waals surface area contributed by atoms with Crippen molar-refractivity contribution in [3.63, 3.8) is 0 Å². The number of carbonyl (C=O) groups is 1. The molecular formula is C16H18ClN3O. The highest BCUT2D eigenvalue weighted by molar-refractivity contribution is 6.33. The lowest BCUT2D eigenvalue weighted by atomic mass is 10.1. The lowest BCUT2D eigenvalue weighted by molar-refractivity contribution is 0.102. The first-order valence-corrected chi connectivity index (χ1v) is 7.31. The topological polar surface area (TPSA) is 54.9 Å². The van der Waals surface area contributed by atoms with Crippen LogP contribution < -0.4 is 5.32 Å². The van der Waals surface area contributed by atoms with Gasteiger partial charge >= 0.3 is 0 Å². The van der Waals surface area contributed by atoms with E-state index in [-0.39, 0.29) is 22.5 Å². The molecule has 1 aromatic carbocycles. The molecule has 0 aliphatic carbocycles. The van der Waals surface area contributed by atoms with Gasteiger partial charge in [0.05, 0.1) is 11.2 Å². The number of nitrogens with one attached hydrogen (secondary N) is 1. The second-order valence-electron chi connectivity index (χ2n) is 5.09. The molecule has 1 heterocycles. The molecule has 5 heteroatoms.